The van der Waals surface area contributed by atoms with Crippen LogP contribution in [-0.4, -0.2) is 19.5 Å². The first-order valence-electron chi connectivity index (χ1n) is 5.21. The second kappa shape index (κ2) is 5.49. The van der Waals surface area contributed by atoms with Gasteiger partial charge in [0.05, 0.1) is 6.61 Å². The average molecular weight is 212 g/mol. The van der Waals surface area contributed by atoms with Gasteiger partial charge in [0, 0.05) is 17.9 Å². The van der Waals surface area contributed by atoms with Gasteiger partial charge >= 0.3 is 0 Å². The average Bonchev–Trinajstić information content (AvgIpc) is 2.72. The maximum Gasteiger partial charge on any atom is 0.157 e. The first kappa shape index (κ1) is 10.1. The number of hydrogen-bond donors (Lipinski definition) is 0. The summed E-state index contributed by atoms with van der Waals surface area (Å²) in [4.78, 5) is 1.39. The minimum atomic E-state index is 0.0590. The zero-order valence-corrected chi connectivity index (χ0v) is 9.09. The van der Waals surface area contributed by atoms with Crippen molar-refractivity contribution in [2.45, 2.75) is 32.0 Å². The van der Waals surface area contributed by atoms with Crippen LogP contribution in [0.25, 0.3) is 0 Å². The van der Waals surface area contributed by atoms with Crippen molar-refractivity contribution in [2.75, 3.05) is 13.2 Å². The van der Waals surface area contributed by atoms with Crippen molar-refractivity contribution in [1.82, 2.24) is 0 Å². The molecule has 0 saturated carbocycles. The summed E-state index contributed by atoms with van der Waals surface area (Å²) < 4.78 is 11.1. The lowest BCUT2D eigenvalue weighted by molar-refractivity contribution is -0.161. The molecule has 1 aliphatic heterocycles. The van der Waals surface area contributed by atoms with Crippen LogP contribution in [0.1, 0.15) is 24.1 Å². The fourth-order valence-corrected chi connectivity index (χ4v) is 2.28. The van der Waals surface area contributed by atoms with Crippen LogP contribution in [-0.2, 0) is 15.9 Å². The molecular weight excluding hydrogens is 196 g/mol. The highest BCUT2D eigenvalue weighted by Gasteiger charge is 2.13. The fourth-order valence-electron chi connectivity index (χ4n) is 1.59. The molecule has 2 rings (SSSR count). The summed E-state index contributed by atoms with van der Waals surface area (Å²) in [6.45, 7) is 1.65. The zero-order valence-electron chi connectivity index (χ0n) is 8.28. The van der Waals surface area contributed by atoms with Crippen LogP contribution in [0.4, 0.5) is 0 Å². The van der Waals surface area contributed by atoms with Crippen LogP contribution in [0.3, 0.4) is 0 Å². The predicted molar refractivity (Wildman–Crippen MR) is 57.6 cm³/mol. The van der Waals surface area contributed by atoms with Gasteiger partial charge in [-0.25, -0.2) is 0 Å². The van der Waals surface area contributed by atoms with E-state index in [1.807, 2.05) is 0 Å². The molecule has 0 spiro atoms. The standard InChI is InChI=1S/C11H16O2S/c1-2-7-12-11(5-1)13-8-6-10-4-3-9-14-10/h3-4,9,11H,1-2,5-8H2. The Morgan fingerprint density at radius 2 is 2.50 bits per heavy atom. The van der Waals surface area contributed by atoms with Crippen LogP contribution in [0.5, 0.6) is 0 Å². The molecule has 78 valence electrons. The van der Waals surface area contributed by atoms with Crippen molar-refractivity contribution in [2.24, 2.45) is 0 Å². The van der Waals surface area contributed by atoms with Crippen LogP contribution < -0.4 is 0 Å². The smallest absolute Gasteiger partial charge is 0.157 e. The van der Waals surface area contributed by atoms with Crippen molar-refractivity contribution in [1.29, 1.82) is 0 Å². The Bertz CT molecular complexity index is 240. The van der Waals surface area contributed by atoms with Gasteiger partial charge < -0.3 is 9.47 Å². The number of ether oxygens (including phenoxy) is 2. The minimum Gasteiger partial charge on any atom is -0.353 e. The largest absolute Gasteiger partial charge is 0.353 e. The molecular formula is C11H16O2S. The lowest BCUT2D eigenvalue weighted by Gasteiger charge is -2.22. The Kier molecular flexibility index (Phi) is 3.98. The van der Waals surface area contributed by atoms with Crippen LogP contribution in [0.2, 0.25) is 0 Å². The topological polar surface area (TPSA) is 18.5 Å². The third-order valence-corrected chi connectivity index (χ3v) is 3.31. The van der Waals surface area contributed by atoms with Gasteiger partial charge in [0.2, 0.25) is 0 Å². The van der Waals surface area contributed by atoms with E-state index < -0.39 is 0 Å². The second-order valence-corrected chi connectivity index (χ2v) is 4.53. The van der Waals surface area contributed by atoms with Gasteiger partial charge in [-0.05, 0) is 30.7 Å². The van der Waals surface area contributed by atoms with Crippen molar-refractivity contribution in [3.63, 3.8) is 0 Å². The van der Waals surface area contributed by atoms with Crippen molar-refractivity contribution >= 4 is 11.3 Å². The van der Waals surface area contributed by atoms with E-state index in [1.54, 1.807) is 11.3 Å². The molecule has 0 bridgehead atoms. The molecule has 1 aromatic heterocycles. The van der Waals surface area contributed by atoms with Gasteiger partial charge in [-0.15, -0.1) is 11.3 Å². The SMILES string of the molecule is c1csc(CCOC2CCCCO2)c1. The maximum atomic E-state index is 5.64. The Balaban J connectivity index is 1.62. The van der Waals surface area contributed by atoms with Crippen LogP contribution in [0.15, 0.2) is 17.5 Å². The molecule has 1 fully saturated rings. The Morgan fingerprint density at radius 1 is 1.50 bits per heavy atom. The first-order valence-corrected chi connectivity index (χ1v) is 6.09. The summed E-state index contributed by atoms with van der Waals surface area (Å²) in [6, 6.07) is 4.23. The van der Waals surface area contributed by atoms with Gasteiger partial charge in [0.25, 0.3) is 0 Å². The van der Waals surface area contributed by atoms with Gasteiger partial charge in [0.15, 0.2) is 6.29 Å². The summed E-state index contributed by atoms with van der Waals surface area (Å²) in [5.41, 5.74) is 0. The number of rotatable bonds is 4. The Morgan fingerprint density at radius 3 is 3.21 bits per heavy atom. The molecule has 1 saturated heterocycles. The van der Waals surface area contributed by atoms with E-state index in [0.717, 1.165) is 26.1 Å². The molecule has 1 atom stereocenters. The van der Waals surface area contributed by atoms with Crippen molar-refractivity contribution < 1.29 is 9.47 Å². The van der Waals surface area contributed by atoms with E-state index in [-0.39, 0.29) is 6.29 Å². The summed E-state index contributed by atoms with van der Waals surface area (Å²) in [6.07, 6.45) is 4.56. The van der Waals surface area contributed by atoms with E-state index in [9.17, 15) is 0 Å². The summed E-state index contributed by atoms with van der Waals surface area (Å²) in [7, 11) is 0. The molecule has 0 radical (unpaired) electrons. The first-order chi connectivity index (χ1) is 6.95. The maximum absolute atomic E-state index is 5.64. The van der Waals surface area contributed by atoms with Gasteiger partial charge in [0.1, 0.15) is 0 Å². The molecule has 1 unspecified atom stereocenters. The van der Waals surface area contributed by atoms with E-state index in [1.165, 1.54) is 17.7 Å². The monoisotopic (exact) mass is 212 g/mol. The second-order valence-electron chi connectivity index (χ2n) is 3.50. The molecule has 0 aliphatic carbocycles. The lowest BCUT2D eigenvalue weighted by atomic mass is 10.2. The lowest BCUT2D eigenvalue weighted by Crippen LogP contribution is -2.23. The van der Waals surface area contributed by atoms with Crippen LogP contribution >= 0.6 is 11.3 Å². The number of hydrogen-bond acceptors (Lipinski definition) is 3. The number of thiophene rings is 1. The normalized spacial score (nSPS) is 22.4. The molecule has 3 heteroatoms. The fraction of sp³-hybridized carbons (Fsp3) is 0.636. The Labute approximate surface area is 88.8 Å². The van der Waals surface area contributed by atoms with Gasteiger partial charge in [-0.1, -0.05) is 6.07 Å². The highest BCUT2D eigenvalue weighted by Crippen LogP contribution is 2.15. The quantitative estimate of drug-likeness (QED) is 0.764. The molecule has 2 nitrogen and oxygen atoms in total. The van der Waals surface area contributed by atoms with E-state index >= 15 is 0 Å². The highest BCUT2D eigenvalue weighted by atomic mass is 32.1. The third-order valence-electron chi connectivity index (χ3n) is 2.37. The summed E-state index contributed by atoms with van der Waals surface area (Å²) in [5.74, 6) is 0. The molecule has 14 heavy (non-hydrogen) atoms. The molecule has 1 aliphatic rings. The minimum absolute atomic E-state index is 0.0590. The summed E-state index contributed by atoms with van der Waals surface area (Å²) >= 11 is 1.79. The van der Waals surface area contributed by atoms with Gasteiger partial charge in [-0.3, -0.25) is 0 Å². The molecule has 0 N–H and O–H groups in total. The van der Waals surface area contributed by atoms with E-state index in [0.29, 0.717) is 0 Å². The van der Waals surface area contributed by atoms with Crippen molar-refractivity contribution in [3.05, 3.63) is 22.4 Å². The Hall–Kier alpha value is -0.380. The molecule has 0 aromatic carbocycles. The highest BCUT2D eigenvalue weighted by molar-refractivity contribution is 7.09. The zero-order chi connectivity index (χ0) is 9.64. The van der Waals surface area contributed by atoms with Gasteiger partial charge in [-0.2, -0.15) is 0 Å². The molecule has 0 amide bonds. The predicted octanol–water partition coefficient (Wildman–Crippen LogP) is 2.83. The van der Waals surface area contributed by atoms with E-state index in [4.69, 9.17) is 9.47 Å². The van der Waals surface area contributed by atoms with Crippen molar-refractivity contribution in [3.8, 4) is 0 Å². The van der Waals surface area contributed by atoms with E-state index in [2.05, 4.69) is 17.5 Å². The summed E-state index contributed by atoms with van der Waals surface area (Å²) in [5, 5.41) is 2.10. The molecule has 2 heterocycles. The third kappa shape index (κ3) is 3.08. The van der Waals surface area contributed by atoms with Crippen LogP contribution in [0, 0.1) is 0 Å². The molecule has 1 aromatic rings.